The van der Waals surface area contributed by atoms with Gasteiger partial charge in [0, 0.05) is 38.1 Å². The Labute approximate surface area is 163 Å². The van der Waals surface area contributed by atoms with E-state index in [1.54, 1.807) is 4.31 Å². The first-order valence-corrected chi connectivity index (χ1v) is 11.5. The molecule has 2 aliphatic carbocycles. The Bertz CT molecular complexity index is 623. The van der Waals surface area contributed by atoms with Gasteiger partial charge in [0.1, 0.15) is 0 Å². The zero-order valence-corrected chi connectivity index (χ0v) is 17.0. The van der Waals surface area contributed by atoms with Gasteiger partial charge in [0.05, 0.1) is 5.25 Å². The highest BCUT2D eigenvalue weighted by Gasteiger charge is 2.47. The normalized spacial score (nSPS) is 36.1. The summed E-state index contributed by atoms with van der Waals surface area (Å²) >= 11 is 0. The van der Waals surface area contributed by atoms with Crippen LogP contribution in [0.15, 0.2) is 0 Å². The van der Waals surface area contributed by atoms with Crippen molar-refractivity contribution in [2.45, 2.75) is 62.7 Å². The van der Waals surface area contributed by atoms with Crippen molar-refractivity contribution in [3.8, 4) is 0 Å². The van der Waals surface area contributed by atoms with Crippen LogP contribution in [-0.2, 0) is 14.8 Å². The lowest BCUT2D eigenvalue weighted by Gasteiger charge is -2.35. The maximum absolute atomic E-state index is 13.2. The van der Waals surface area contributed by atoms with Crippen LogP contribution in [0.25, 0.3) is 0 Å². The van der Waals surface area contributed by atoms with E-state index in [1.807, 2.05) is 4.90 Å². The van der Waals surface area contributed by atoms with Crippen LogP contribution in [0.3, 0.4) is 0 Å². The molecule has 4 aliphatic rings. The summed E-state index contributed by atoms with van der Waals surface area (Å²) in [5.41, 5.74) is 6.16. The average molecular weight is 406 g/mol. The number of carbonyl (C=O) groups excluding carboxylic acids is 1. The number of sulfonamides is 1. The van der Waals surface area contributed by atoms with Gasteiger partial charge in [-0.25, -0.2) is 12.7 Å². The molecule has 4 fully saturated rings. The Balaban J connectivity index is 0.00000196. The highest BCUT2D eigenvalue weighted by molar-refractivity contribution is 7.89. The fraction of sp³-hybridized carbons (Fsp3) is 0.944. The second-order valence-corrected chi connectivity index (χ2v) is 10.8. The second-order valence-electron chi connectivity index (χ2n) is 8.56. The molecule has 2 saturated heterocycles. The minimum atomic E-state index is -3.33. The quantitative estimate of drug-likeness (QED) is 0.772. The van der Waals surface area contributed by atoms with Crippen LogP contribution in [0.1, 0.15) is 51.4 Å². The fourth-order valence-electron chi connectivity index (χ4n) is 5.50. The van der Waals surface area contributed by atoms with Gasteiger partial charge in [-0.2, -0.15) is 0 Å². The Morgan fingerprint density at radius 1 is 0.923 bits per heavy atom. The van der Waals surface area contributed by atoms with Gasteiger partial charge in [-0.3, -0.25) is 4.79 Å². The Morgan fingerprint density at radius 2 is 1.65 bits per heavy atom. The van der Waals surface area contributed by atoms with Crippen molar-refractivity contribution in [2.75, 3.05) is 26.2 Å². The van der Waals surface area contributed by atoms with Gasteiger partial charge in [0.2, 0.25) is 15.9 Å². The summed E-state index contributed by atoms with van der Waals surface area (Å²) in [6.07, 6.45) is 7.74. The molecule has 8 heteroatoms. The topological polar surface area (TPSA) is 83.7 Å². The highest BCUT2D eigenvalue weighted by Crippen LogP contribution is 2.39. The van der Waals surface area contributed by atoms with E-state index in [0.717, 1.165) is 51.5 Å². The van der Waals surface area contributed by atoms with Crippen molar-refractivity contribution in [1.29, 1.82) is 0 Å². The summed E-state index contributed by atoms with van der Waals surface area (Å²) in [6.45, 7) is 2.32. The van der Waals surface area contributed by atoms with Gasteiger partial charge >= 0.3 is 0 Å². The van der Waals surface area contributed by atoms with Crippen molar-refractivity contribution in [3.63, 3.8) is 0 Å². The van der Waals surface area contributed by atoms with Gasteiger partial charge in [-0.15, -0.1) is 12.4 Å². The van der Waals surface area contributed by atoms with Crippen molar-refractivity contribution >= 4 is 28.3 Å². The molecule has 0 aromatic carbocycles. The van der Waals surface area contributed by atoms with E-state index in [2.05, 4.69) is 0 Å². The lowest BCUT2D eigenvalue weighted by atomic mass is 9.98. The predicted molar refractivity (Wildman–Crippen MR) is 103 cm³/mol. The third kappa shape index (κ3) is 3.64. The molecule has 4 unspecified atom stereocenters. The van der Waals surface area contributed by atoms with E-state index in [1.165, 1.54) is 0 Å². The van der Waals surface area contributed by atoms with Crippen LogP contribution in [0.2, 0.25) is 0 Å². The molecule has 0 aromatic heterocycles. The molecule has 1 amide bonds. The molecule has 0 radical (unpaired) electrons. The highest BCUT2D eigenvalue weighted by atomic mass is 35.5. The van der Waals surface area contributed by atoms with Crippen LogP contribution in [-0.4, -0.2) is 61.0 Å². The van der Waals surface area contributed by atoms with E-state index in [4.69, 9.17) is 5.73 Å². The van der Waals surface area contributed by atoms with Crippen LogP contribution in [0.4, 0.5) is 0 Å². The number of halogens is 1. The standard InChI is InChI=1S/C18H31N3O3S.ClH/c19-17-8-7-14-10-21(12-16(14)17)25(23,24)15-6-3-9-20(11-15)18(22)13-4-1-2-5-13;/h13-17H,1-12,19H2;1H. The van der Waals surface area contributed by atoms with Crippen LogP contribution in [0, 0.1) is 17.8 Å². The number of hydrogen-bond acceptors (Lipinski definition) is 4. The smallest absolute Gasteiger partial charge is 0.225 e. The van der Waals surface area contributed by atoms with Gasteiger partial charge < -0.3 is 10.6 Å². The summed E-state index contributed by atoms with van der Waals surface area (Å²) in [5, 5.41) is -0.429. The molecule has 2 N–H and O–H groups in total. The van der Waals surface area contributed by atoms with Crippen LogP contribution in [0.5, 0.6) is 0 Å². The molecule has 2 aliphatic heterocycles. The number of nitrogens with two attached hydrogens (primary N) is 1. The first-order valence-electron chi connectivity index (χ1n) is 10.00. The van der Waals surface area contributed by atoms with E-state index >= 15 is 0 Å². The molecule has 150 valence electrons. The first-order chi connectivity index (χ1) is 12.0. The lowest BCUT2D eigenvalue weighted by Crippen LogP contribution is -2.50. The molecule has 2 saturated carbocycles. The maximum Gasteiger partial charge on any atom is 0.225 e. The molecule has 4 rings (SSSR count). The Kier molecular flexibility index (Phi) is 6.22. The van der Waals surface area contributed by atoms with E-state index in [-0.39, 0.29) is 30.3 Å². The maximum atomic E-state index is 13.2. The molecule has 6 nitrogen and oxygen atoms in total. The number of nitrogens with zero attached hydrogens (tertiary/aromatic N) is 2. The van der Waals surface area contributed by atoms with Crippen LogP contribution >= 0.6 is 12.4 Å². The molecular formula is C18H32ClN3O3S. The van der Waals surface area contributed by atoms with Crippen molar-refractivity contribution < 1.29 is 13.2 Å². The SMILES string of the molecule is Cl.NC1CCC2CN(S(=O)(=O)C3CCCN(C(=O)C4CCCC4)C3)CC12. The van der Waals surface area contributed by atoms with E-state index < -0.39 is 15.3 Å². The van der Waals surface area contributed by atoms with Gasteiger partial charge in [-0.1, -0.05) is 12.8 Å². The molecule has 0 spiro atoms. The molecule has 2 heterocycles. The number of piperidine rings is 1. The minimum Gasteiger partial charge on any atom is -0.341 e. The molecular weight excluding hydrogens is 374 g/mol. The van der Waals surface area contributed by atoms with Crippen molar-refractivity contribution in [2.24, 2.45) is 23.5 Å². The van der Waals surface area contributed by atoms with Gasteiger partial charge in [-0.05, 0) is 50.4 Å². The van der Waals surface area contributed by atoms with E-state index in [9.17, 15) is 13.2 Å². The minimum absolute atomic E-state index is 0. The first kappa shape index (κ1) is 20.4. The molecule has 0 bridgehead atoms. The van der Waals surface area contributed by atoms with E-state index in [0.29, 0.717) is 37.9 Å². The molecule has 0 aromatic rings. The second kappa shape index (κ2) is 7.94. The monoisotopic (exact) mass is 405 g/mol. The average Bonchev–Trinajstić information content (AvgIpc) is 3.33. The number of fused-ring (bicyclic) bond motifs is 1. The lowest BCUT2D eigenvalue weighted by molar-refractivity contribution is -0.136. The molecule has 26 heavy (non-hydrogen) atoms. The summed E-state index contributed by atoms with van der Waals surface area (Å²) in [7, 11) is -3.33. The zero-order chi connectivity index (χ0) is 17.6. The number of rotatable bonds is 3. The third-order valence-electron chi connectivity index (χ3n) is 7.05. The number of hydrogen-bond donors (Lipinski definition) is 1. The predicted octanol–water partition coefficient (Wildman–Crippen LogP) is 1.59. The number of likely N-dealkylation sites (tertiary alicyclic amines) is 1. The largest absolute Gasteiger partial charge is 0.341 e. The molecule has 4 atom stereocenters. The summed E-state index contributed by atoms with van der Waals surface area (Å²) in [6, 6.07) is 0.150. The number of carbonyl (C=O) groups is 1. The van der Waals surface area contributed by atoms with Crippen LogP contribution < -0.4 is 5.73 Å². The Morgan fingerprint density at radius 3 is 2.35 bits per heavy atom. The fourth-order valence-corrected chi connectivity index (χ4v) is 7.53. The third-order valence-corrected chi connectivity index (χ3v) is 9.30. The summed E-state index contributed by atoms with van der Waals surface area (Å²) in [4.78, 5) is 14.5. The number of amides is 1. The van der Waals surface area contributed by atoms with Crippen molar-refractivity contribution in [3.05, 3.63) is 0 Å². The summed E-state index contributed by atoms with van der Waals surface area (Å²) in [5.74, 6) is 1.09. The Hall–Kier alpha value is -0.370. The summed E-state index contributed by atoms with van der Waals surface area (Å²) < 4.78 is 28.0. The zero-order valence-electron chi connectivity index (χ0n) is 15.4. The van der Waals surface area contributed by atoms with Crippen molar-refractivity contribution in [1.82, 2.24) is 9.21 Å². The van der Waals surface area contributed by atoms with Gasteiger partial charge in [0.15, 0.2) is 0 Å². The van der Waals surface area contributed by atoms with Gasteiger partial charge in [0.25, 0.3) is 0 Å².